The van der Waals surface area contributed by atoms with Gasteiger partial charge in [-0.3, -0.25) is 4.90 Å². The van der Waals surface area contributed by atoms with Gasteiger partial charge in [0.25, 0.3) is 5.92 Å². The molecule has 164 valence electrons. The fourth-order valence-electron chi connectivity index (χ4n) is 4.75. The van der Waals surface area contributed by atoms with Gasteiger partial charge in [0, 0.05) is 12.3 Å². The Hall–Kier alpha value is -2.83. The molecule has 2 aliphatic carbocycles. The first-order valence-corrected chi connectivity index (χ1v) is 10.7. The van der Waals surface area contributed by atoms with E-state index in [0.717, 1.165) is 40.4 Å². The quantitative estimate of drug-likeness (QED) is 0.318. The van der Waals surface area contributed by atoms with Crippen molar-refractivity contribution in [2.75, 3.05) is 4.90 Å². The minimum atomic E-state index is -2.60. The van der Waals surface area contributed by atoms with Gasteiger partial charge in [-0.05, 0) is 54.7 Å². The SMILES string of the molecule is CCCC1(CCC)C2=CC2=CC1(F)F.Cc1ccc2c(c1)[N+]([O-])=CC1=NC=CC(F)N12. The summed E-state index contributed by atoms with van der Waals surface area (Å²) in [5, 5.41) is 11.8. The van der Waals surface area contributed by atoms with E-state index in [1.165, 1.54) is 23.4 Å². The molecule has 5 rings (SSSR count). The molecule has 4 aliphatic rings. The smallest absolute Gasteiger partial charge is 0.276 e. The monoisotopic (exact) mass is 429 g/mol. The van der Waals surface area contributed by atoms with Gasteiger partial charge in [0.05, 0.1) is 5.41 Å². The minimum Gasteiger partial charge on any atom is -0.618 e. The average Bonchev–Trinajstić information content (AvgIpc) is 3.43. The largest absolute Gasteiger partial charge is 0.618 e. The maximum atomic E-state index is 13.8. The van der Waals surface area contributed by atoms with Crippen molar-refractivity contribution >= 4 is 23.4 Å². The molecule has 0 N–H and O–H groups in total. The van der Waals surface area contributed by atoms with Gasteiger partial charge in [0.15, 0.2) is 6.30 Å². The highest BCUT2D eigenvalue weighted by atomic mass is 19.3. The third-order valence-corrected chi connectivity index (χ3v) is 6.18. The lowest BCUT2D eigenvalue weighted by molar-refractivity contribution is -0.353. The first kappa shape index (κ1) is 21.4. The second-order valence-corrected chi connectivity index (χ2v) is 8.38. The molecular weight excluding hydrogens is 403 g/mol. The molecule has 31 heavy (non-hydrogen) atoms. The van der Waals surface area contributed by atoms with Crippen LogP contribution in [0.2, 0.25) is 0 Å². The Balaban J connectivity index is 0.000000152. The van der Waals surface area contributed by atoms with Crippen molar-refractivity contribution in [1.29, 1.82) is 0 Å². The number of rotatable bonds is 4. The molecule has 0 spiro atoms. The molecule has 4 nitrogen and oxygen atoms in total. The van der Waals surface area contributed by atoms with Crippen LogP contribution in [0.1, 0.15) is 45.1 Å². The van der Waals surface area contributed by atoms with Crippen LogP contribution < -0.4 is 4.90 Å². The van der Waals surface area contributed by atoms with Gasteiger partial charge in [0.2, 0.25) is 17.7 Å². The molecule has 0 saturated carbocycles. The third kappa shape index (κ3) is 3.50. The summed E-state index contributed by atoms with van der Waals surface area (Å²) in [7, 11) is 0. The van der Waals surface area contributed by atoms with Crippen molar-refractivity contribution in [3.05, 3.63) is 64.5 Å². The second kappa shape index (κ2) is 7.70. The molecule has 0 radical (unpaired) electrons. The molecule has 7 heteroatoms. The zero-order chi connectivity index (χ0) is 22.4. The Labute approximate surface area is 180 Å². The van der Waals surface area contributed by atoms with Crippen molar-refractivity contribution in [2.45, 2.75) is 58.7 Å². The highest BCUT2D eigenvalue weighted by Gasteiger charge is 2.61. The van der Waals surface area contributed by atoms with Crippen LogP contribution in [0, 0.1) is 17.5 Å². The Morgan fingerprint density at radius 2 is 1.90 bits per heavy atom. The predicted molar refractivity (Wildman–Crippen MR) is 118 cm³/mol. The lowest BCUT2D eigenvalue weighted by Gasteiger charge is -2.34. The Morgan fingerprint density at radius 1 is 1.19 bits per heavy atom. The Bertz CT molecular complexity index is 1050. The first-order valence-electron chi connectivity index (χ1n) is 10.7. The normalized spacial score (nSPS) is 23.3. The average molecular weight is 429 g/mol. The van der Waals surface area contributed by atoms with Crippen LogP contribution in [-0.4, -0.2) is 29.0 Å². The van der Waals surface area contributed by atoms with Gasteiger partial charge >= 0.3 is 0 Å². The van der Waals surface area contributed by atoms with Crippen LogP contribution in [0.5, 0.6) is 0 Å². The number of fused-ring (bicyclic) bond motifs is 4. The van der Waals surface area contributed by atoms with Crippen molar-refractivity contribution in [3.63, 3.8) is 0 Å². The van der Waals surface area contributed by atoms with E-state index in [4.69, 9.17) is 0 Å². The van der Waals surface area contributed by atoms with Crippen molar-refractivity contribution in [1.82, 2.24) is 0 Å². The van der Waals surface area contributed by atoms with E-state index in [1.807, 2.05) is 32.9 Å². The molecule has 0 amide bonds. The number of benzene rings is 1. The molecule has 0 bridgehead atoms. The summed E-state index contributed by atoms with van der Waals surface area (Å²) in [6.45, 7) is 5.85. The summed E-state index contributed by atoms with van der Waals surface area (Å²) in [5.74, 6) is -2.27. The van der Waals surface area contributed by atoms with Gasteiger partial charge < -0.3 is 5.21 Å². The van der Waals surface area contributed by atoms with E-state index in [2.05, 4.69) is 4.99 Å². The van der Waals surface area contributed by atoms with E-state index in [1.54, 1.807) is 12.1 Å². The fraction of sp³-hybridized carbons (Fsp3) is 0.417. The lowest BCUT2D eigenvalue weighted by Crippen LogP contribution is -2.43. The Kier molecular flexibility index (Phi) is 5.31. The van der Waals surface area contributed by atoms with E-state index >= 15 is 0 Å². The van der Waals surface area contributed by atoms with Crippen LogP contribution in [0.4, 0.5) is 24.5 Å². The number of hydrogen-bond donors (Lipinski definition) is 0. The highest BCUT2D eigenvalue weighted by molar-refractivity contribution is 6.36. The third-order valence-electron chi connectivity index (χ3n) is 6.18. The van der Waals surface area contributed by atoms with Gasteiger partial charge in [-0.2, -0.15) is 4.74 Å². The molecular formula is C24H26F3N3O. The minimum absolute atomic E-state index is 0.325. The summed E-state index contributed by atoms with van der Waals surface area (Å²) >= 11 is 0. The maximum Gasteiger partial charge on any atom is 0.276 e. The van der Waals surface area contributed by atoms with Crippen LogP contribution in [-0.2, 0) is 0 Å². The Morgan fingerprint density at radius 3 is 2.52 bits per heavy atom. The molecule has 2 heterocycles. The molecule has 1 atom stereocenters. The van der Waals surface area contributed by atoms with E-state index < -0.39 is 17.6 Å². The van der Waals surface area contributed by atoms with Crippen molar-refractivity contribution < 1.29 is 17.9 Å². The fourth-order valence-corrected chi connectivity index (χ4v) is 4.75. The number of nitrogens with zero attached hydrogens (tertiary/aromatic N) is 3. The number of allylic oxidation sites excluding steroid dienone is 4. The standard InChI is InChI=1S/C12H16F2.C12H10FN3O/c1-3-5-11(6-4-2)10-7-9(10)8-12(11,13)14;1-8-2-3-9-10(6-8)15(17)7-12-14-5-4-11(13)16(9)12/h7-8H,3-6H2,1-2H3;2-7,11H,1H3. The molecule has 1 aromatic rings. The van der Waals surface area contributed by atoms with Crippen LogP contribution in [0.3, 0.4) is 0 Å². The zero-order valence-electron chi connectivity index (χ0n) is 17.9. The molecule has 1 aromatic carbocycles. The number of amidine groups is 1. The second-order valence-electron chi connectivity index (χ2n) is 8.38. The summed E-state index contributed by atoms with van der Waals surface area (Å²) in [6, 6.07) is 5.32. The number of halogens is 3. The number of aryl methyl sites for hydroxylation is 1. The summed E-state index contributed by atoms with van der Waals surface area (Å²) in [5.41, 5.74) is 2.86. The number of alkyl halides is 3. The summed E-state index contributed by atoms with van der Waals surface area (Å²) in [6.07, 6.45) is 8.69. The van der Waals surface area contributed by atoms with Crippen LogP contribution >= 0.6 is 0 Å². The lowest BCUT2D eigenvalue weighted by atomic mass is 9.74. The molecule has 0 aromatic heterocycles. The molecule has 0 fully saturated rings. The molecule has 1 unspecified atom stereocenters. The molecule has 2 aliphatic heterocycles. The van der Waals surface area contributed by atoms with Crippen molar-refractivity contribution in [2.24, 2.45) is 10.4 Å². The van der Waals surface area contributed by atoms with E-state index in [0.29, 0.717) is 30.1 Å². The number of aliphatic imine (C=N–C) groups is 1. The zero-order valence-corrected chi connectivity index (χ0v) is 17.9. The van der Waals surface area contributed by atoms with Crippen molar-refractivity contribution in [3.8, 4) is 0 Å². The topological polar surface area (TPSA) is 41.7 Å². The summed E-state index contributed by atoms with van der Waals surface area (Å²) < 4.78 is 42.2. The van der Waals surface area contributed by atoms with E-state index in [9.17, 15) is 18.4 Å². The van der Waals surface area contributed by atoms with Crippen LogP contribution in [0.25, 0.3) is 0 Å². The highest BCUT2D eigenvalue weighted by Crippen LogP contribution is 2.63. The predicted octanol–water partition coefficient (Wildman–Crippen LogP) is 6.34. The maximum absolute atomic E-state index is 13.8. The van der Waals surface area contributed by atoms with Gasteiger partial charge in [-0.15, -0.1) is 0 Å². The summed E-state index contributed by atoms with van der Waals surface area (Å²) in [4.78, 5) is 5.40. The number of anilines is 1. The van der Waals surface area contributed by atoms with E-state index in [-0.39, 0.29) is 0 Å². The molecule has 0 saturated heterocycles. The first-order chi connectivity index (χ1) is 14.7. The van der Waals surface area contributed by atoms with Gasteiger partial charge in [0.1, 0.15) is 5.69 Å². The van der Waals surface area contributed by atoms with Crippen LogP contribution in [0.15, 0.2) is 58.8 Å². The van der Waals surface area contributed by atoms with Gasteiger partial charge in [-0.1, -0.05) is 38.8 Å². The van der Waals surface area contributed by atoms with Gasteiger partial charge in [-0.25, -0.2) is 18.2 Å². The number of hydrogen-bond acceptors (Lipinski definition) is 3.